The van der Waals surface area contributed by atoms with Crippen LogP contribution in [0.15, 0.2) is 36.4 Å². The number of benzene rings is 1. The van der Waals surface area contributed by atoms with E-state index in [1.807, 2.05) is 38.1 Å². The first-order valence-corrected chi connectivity index (χ1v) is 10.0. The summed E-state index contributed by atoms with van der Waals surface area (Å²) < 4.78 is 30.1. The number of amides is 3. The number of ether oxygens (including phenoxy) is 1. The number of nitrogens with zero attached hydrogens (tertiary/aromatic N) is 3. The molecular weight excluding hydrogens is 406 g/mol. The van der Waals surface area contributed by atoms with Crippen LogP contribution < -0.4 is 15.0 Å². The van der Waals surface area contributed by atoms with Crippen LogP contribution in [0, 0.1) is 6.92 Å². The number of halogens is 2. The summed E-state index contributed by atoms with van der Waals surface area (Å²) in [6.45, 7) is 4.88. The Kier molecular flexibility index (Phi) is 6.72. The van der Waals surface area contributed by atoms with E-state index in [1.54, 1.807) is 22.8 Å². The van der Waals surface area contributed by atoms with Gasteiger partial charge in [0.05, 0.1) is 6.04 Å². The lowest BCUT2D eigenvalue weighted by Gasteiger charge is -2.45. The van der Waals surface area contributed by atoms with Gasteiger partial charge in [-0.2, -0.15) is 8.78 Å². The standard InChI is InChI=1S/C22H26F2N4O3/c1-13(2)17-7-5-6-8-19(17)28(16-11-27(12-16)15(4)29)22(30)26-18-10-9-14(3)25-20(18)31-21(23)24/h5-10,13,16,21H,11-12H2,1-4H3,(H,26,30). The van der Waals surface area contributed by atoms with Crippen molar-refractivity contribution in [2.45, 2.75) is 46.3 Å². The number of likely N-dealkylation sites (tertiary alicyclic amines) is 1. The Morgan fingerprint density at radius 1 is 1.19 bits per heavy atom. The lowest BCUT2D eigenvalue weighted by molar-refractivity contribution is -0.132. The second-order valence-corrected chi connectivity index (χ2v) is 7.78. The van der Waals surface area contributed by atoms with Crippen LogP contribution in [-0.2, 0) is 4.79 Å². The van der Waals surface area contributed by atoms with Crippen LogP contribution in [0.2, 0.25) is 0 Å². The number of carbonyl (C=O) groups is 2. The molecule has 0 aliphatic carbocycles. The molecule has 1 fully saturated rings. The number of para-hydroxylation sites is 1. The van der Waals surface area contributed by atoms with E-state index in [0.29, 0.717) is 24.5 Å². The molecule has 1 aliphatic rings. The number of aryl methyl sites for hydroxylation is 1. The molecule has 0 unspecified atom stereocenters. The van der Waals surface area contributed by atoms with Gasteiger partial charge in [0, 0.05) is 31.4 Å². The maximum absolute atomic E-state index is 13.4. The average molecular weight is 432 g/mol. The van der Waals surface area contributed by atoms with E-state index in [0.717, 1.165) is 5.56 Å². The Bertz CT molecular complexity index is 962. The van der Waals surface area contributed by atoms with Crippen LogP contribution in [0.25, 0.3) is 0 Å². The van der Waals surface area contributed by atoms with Gasteiger partial charge in [-0.3, -0.25) is 9.69 Å². The van der Waals surface area contributed by atoms with Crippen LogP contribution in [0.1, 0.15) is 37.9 Å². The molecule has 31 heavy (non-hydrogen) atoms. The SMILES string of the molecule is CC(=O)N1CC(N(C(=O)Nc2ccc(C)nc2OC(F)F)c2ccccc2C(C)C)C1. The number of aromatic nitrogens is 1. The minimum absolute atomic E-state index is 0.0469. The normalized spacial score (nSPS) is 13.9. The smallest absolute Gasteiger partial charge is 0.388 e. The zero-order valence-corrected chi connectivity index (χ0v) is 17.9. The molecule has 1 aliphatic heterocycles. The fraction of sp³-hybridized carbons (Fsp3) is 0.409. The summed E-state index contributed by atoms with van der Waals surface area (Å²) in [6.07, 6.45) is 0. The van der Waals surface area contributed by atoms with E-state index >= 15 is 0 Å². The summed E-state index contributed by atoms with van der Waals surface area (Å²) in [5, 5.41) is 2.66. The van der Waals surface area contributed by atoms with Gasteiger partial charge in [-0.05, 0) is 36.6 Å². The van der Waals surface area contributed by atoms with Gasteiger partial charge >= 0.3 is 12.6 Å². The number of nitrogens with one attached hydrogen (secondary N) is 1. The van der Waals surface area contributed by atoms with Gasteiger partial charge in [0.15, 0.2) is 0 Å². The van der Waals surface area contributed by atoms with Gasteiger partial charge in [-0.1, -0.05) is 32.0 Å². The van der Waals surface area contributed by atoms with Gasteiger partial charge in [-0.15, -0.1) is 0 Å². The van der Waals surface area contributed by atoms with Crippen molar-refractivity contribution in [3.8, 4) is 5.88 Å². The maximum atomic E-state index is 13.4. The molecule has 7 nitrogen and oxygen atoms in total. The molecule has 0 spiro atoms. The molecule has 0 radical (unpaired) electrons. The van der Waals surface area contributed by atoms with Gasteiger partial charge in [0.2, 0.25) is 11.8 Å². The third-order valence-corrected chi connectivity index (χ3v) is 5.15. The molecule has 1 aromatic carbocycles. The molecule has 2 aromatic rings. The van der Waals surface area contributed by atoms with E-state index in [1.165, 1.54) is 13.0 Å². The molecule has 1 aromatic heterocycles. The van der Waals surface area contributed by atoms with E-state index in [9.17, 15) is 18.4 Å². The number of hydrogen-bond donors (Lipinski definition) is 1. The van der Waals surface area contributed by atoms with Crippen LogP contribution in [-0.4, -0.2) is 47.6 Å². The Morgan fingerprint density at radius 2 is 1.87 bits per heavy atom. The van der Waals surface area contributed by atoms with E-state index in [2.05, 4.69) is 15.0 Å². The molecule has 3 amide bonds. The molecule has 9 heteroatoms. The van der Waals surface area contributed by atoms with Crippen LogP contribution in [0.3, 0.4) is 0 Å². The van der Waals surface area contributed by atoms with E-state index < -0.39 is 12.6 Å². The zero-order valence-electron chi connectivity index (χ0n) is 17.9. The number of pyridine rings is 1. The maximum Gasteiger partial charge on any atom is 0.388 e. The summed E-state index contributed by atoms with van der Waals surface area (Å²) in [5.41, 5.74) is 2.20. The fourth-order valence-corrected chi connectivity index (χ4v) is 3.52. The average Bonchev–Trinajstić information content (AvgIpc) is 2.65. The van der Waals surface area contributed by atoms with Crippen molar-refractivity contribution in [1.82, 2.24) is 9.88 Å². The predicted octanol–water partition coefficient (Wildman–Crippen LogP) is 4.38. The second kappa shape index (κ2) is 9.28. The first kappa shape index (κ1) is 22.5. The Balaban J connectivity index is 1.94. The summed E-state index contributed by atoms with van der Waals surface area (Å²) in [6, 6.07) is 9.84. The van der Waals surface area contributed by atoms with Gasteiger partial charge in [0.1, 0.15) is 5.69 Å². The minimum atomic E-state index is -3.07. The van der Waals surface area contributed by atoms with Crippen molar-refractivity contribution in [3.63, 3.8) is 0 Å². The number of urea groups is 1. The molecule has 166 valence electrons. The Morgan fingerprint density at radius 3 is 2.48 bits per heavy atom. The van der Waals surface area contributed by atoms with E-state index in [4.69, 9.17) is 0 Å². The number of carbonyl (C=O) groups excluding carboxylic acids is 2. The van der Waals surface area contributed by atoms with E-state index in [-0.39, 0.29) is 29.4 Å². The minimum Gasteiger partial charge on any atom is -0.415 e. The summed E-state index contributed by atoms with van der Waals surface area (Å²) in [5.74, 6) is -0.266. The number of rotatable bonds is 6. The third kappa shape index (κ3) is 5.10. The zero-order chi connectivity index (χ0) is 22.7. The number of hydrogen-bond acceptors (Lipinski definition) is 4. The Hall–Kier alpha value is -3.23. The lowest BCUT2D eigenvalue weighted by atomic mass is 9.98. The van der Waals surface area contributed by atoms with Crippen LogP contribution >= 0.6 is 0 Å². The lowest BCUT2D eigenvalue weighted by Crippen LogP contribution is -2.63. The molecule has 0 atom stereocenters. The molecule has 0 saturated carbocycles. The van der Waals surface area contributed by atoms with Crippen molar-refractivity contribution in [2.24, 2.45) is 0 Å². The summed E-state index contributed by atoms with van der Waals surface area (Å²) in [4.78, 5) is 32.2. The Labute approximate surface area is 180 Å². The highest BCUT2D eigenvalue weighted by molar-refractivity contribution is 6.03. The topological polar surface area (TPSA) is 74.8 Å². The van der Waals surface area contributed by atoms with Crippen molar-refractivity contribution in [3.05, 3.63) is 47.7 Å². The fourth-order valence-electron chi connectivity index (χ4n) is 3.52. The second-order valence-electron chi connectivity index (χ2n) is 7.78. The largest absolute Gasteiger partial charge is 0.415 e. The van der Waals surface area contributed by atoms with Crippen molar-refractivity contribution < 1.29 is 23.1 Å². The molecular formula is C22H26F2N4O3. The van der Waals surface area contributed by atoms with Crippen molar-refractivity contribution in [1.29, 1.82) is 0 Å². The molecule has 3 rings (SSSR count). The quantitative estimate of drug-likeness (QED) is 0.735. The van der Waals surface area contributed by atoms with Crippen molar-refractivity contribution >= 4 is 23.3 Å². The molecule has 1 N–H and O–H groups in total. The highest BCUT2D eigenvalue weighted by Crippen LogP contribution is 2.33. The van der Waals surface area contributed by atoms with Gasteiger partial charge in [-0.25, -0.2) is 9.78 Å². The highest BCUT2D eigenvalue weighted by Gasteiger charge is 2.38. The molecule has 1 saturated heterocycles. The summed E-state index contributed by atoms with van der Waals surface area (Å²) >= 11 is 0. The summed E-state index contributed by atoms with van der Waals surface area (Å²) in [7, 11) is 0. The predicted molar refractivity (Wildman–Crippen MR) is 114 cm³/mol. The monoisotopic (exact) mass is 432 g/mol. The number of anilines is 2. The number of alkyl halides is 2. The first-order valence-electron chi connectivity index (χ1n) is 10.0. The van der Waals surface area contributed by atoms with Crippen LogP contribution in [0.5, 0.6) is 5.88 Å². The third-order valence-electron chi connectivity index (χ3n) is 5.15. The molecule has 2 heterocycles. The van der Waals surface area contributed by atoms with Crippen LogP contribution in [0.4, 0.5) is 25.0 Å². The van der Waals surface area contributed by atoms with Crippen molar-refractivity contribution in [2.75, 3.05) is 23.3 Å². The first-order chi connectivity index (χ1) is 14.7. The van der Waals surface area contributed by atoms with Gasteiger partial charge in [0.25, 0.3) is 0 Å². The highest BCUT2D eigenvalue weighted by atomic mass is 19.3. The van der Waals surface area contributed by atoms with Gasteiger partial charge < -0.3 is 15.0 Å². The molecule has 0 bridgehead atoms.